The fourth-order valence-electron chi connectivity index (χ4n) is 2.32. The van der Waals surface area contributed by atoms with Gasteiger partial charge in [0, 0.05) is 18.3 Å². The van der Waals surface area contributed by atoms with E-state index in [1.165, 1.54) is 5.56 Å². The molecular weight excluding hydrogens is 250 g/mol. The second kappa shape index (κ2) is 4.52. The lowest BCUT2D eigenvalue weighted by molar-refractivity contribution is 0.782. The Morgan fingerprint density at radius 3 is 2.45 bits per heavy atom. The zero-order valence-corrected chi connectivity index (χ0v) is 11.8. The second-order valence-corrected chi connectivity index (χ2v) is 5.01. The van der Waals surface area contributed by atoms with Crippen LogP contribution in [0.25, 0.3) is 22.4 Å². The van der Waals surface area contributed by atoms with E-state index in [1.807, 2.05) is 14.0 Å². The van der Waals surface area contributed by atoms with Crippen molar-refractivity contribution >= 4 is 5.82 Å². The van der Waals surface area contributed by atoms with Gasteiger partial charge in [-0.2, -0.15) is 10.2 Å². The number of nitrogen functional groups attached to an aromatic ring is 1. The number of aryl methyl sites for hydroxylation is 3. The van der Waals surface area contributed by atoms with Crippen LogP contribution in [0.1, 0.15) is 11.3 Å². The first-order chi connectivity index (χ1) is 9.58. The number of hydrogen-bond acceptors (Lipinski definition) is 3. The van der Waals surface area contributed by atoms with Gasteiger partial charge in [0.2, 0.25) is 0 Å². The standard InChI is InChI=1S/C15H17N5/c1-9-4-6-11(7-5-9)13-14(19-20(3)15(13)16)12-8-17-18-10(12)2/h4-8H,16H2,1-3H3,(H,17,18). The van der Waals surface area contributed by atoms with Crippen LogP contribution in [0.4, 0.5) is 5.82 Å². The van der Waals surface area contributed by atoms with Crippen molar-refractivity contribution in [3.05, 3.63) is 41.7 Å². The predicted octanol–water partition coefficient (Wildman–Crippen LogP) is 2.68. The van der Waals surface area contributed by atoms with Crippen LogP contribution in [0.2, 0.25) is 0 Å². The van der Waals surface area contributed by atoms with Crippen molar-refractivity contribution in [2.24, 2.45) is 7.05 Å². The predicted molar refractivity (Wildman–Crippen MR) is 80.1 cm³/mol. The molecule has 0 bridgehead atoms. The molecule has 0 amide bonds. The maximum atomic E-state index is 6.20. The first-order valence-electron chi connectivity index (χ1n) is 6.47. The molecule has 0 aliphatic rings. The number of nitrogens with two attached hydrogens (primary N) is 1. The molecule has 0 unspecified atom stereocenters. The van der Waals surface area contributed by atoms with E-state index in [2.05, 4.69) is 46.5 Å². The molecule has 0 saturated carbocycles. The van der Waals surface area contributed by atoms with E-state index in [0.717, 1.165) is 28.1 Å². The number of H-pyrrole nitrogens is 1. The van der Waals surface area contributed by atoms with Gasteiger partial charge in [-0.3, -0.25) is 9.78 Å². The maximum absolute atomic E-state index is 6.20. The van der Waals surface area contributed by atoms with Gasteiger partial charge in [0.15, 0.2) is 0 Å². The second-order valence-electron chi connectivity index (χ2n) is 5.01. The molecule has 5 heteroatoms. The number of benzene rings is 1. The zero-order chi connectivity index (χ0) is 14.3. The van der Waals surface area contributed by atoms with Gasteiger partial charge in [-0.05, 0) is 19.4 Å². The Morgan fingerprint density at radius 2 is 1.85 bits per heavy atom. The first-order valence-corrected chi connectivity index (χ1v) is 6.47. The molecule has 0 atom stereocenters. The largest absolute Gasteiger partial charge is 0.383 e. The molecule has 0 radical (unpaired) electrons. The van der Waals surface area contributed by atoms with Gasteiger partial charge in [-0.15, -0.1) is 0 Å². The Bertz CT molecular complexity index is 749. The molecule has 3 rings (SSSR count). The molecule has 5 nitrogen and oxygen atoms in total. The Balaban J connectivity index is 2.25. The molecule has 2 heterocycles. The van der Waals surface area contributed by atoms with Gasteiger partial charge < -0.3 is 5.73 Å². The quantitative estimate of drug-likeness (QED) is 0.749. The summed E-state index contributed by atoms with van der Waals surface area (Å²) in [6, 6.07) is 8.30. The van der Waals surface area contributed by atoms with E-state index in [9.17, 15) is 0 Å². The smallest absolute Gasteiger partial charge is 0.129 e. The van der Waals surface area contributed by atoms with Crippen molar-refractivity contribution in [3.63, 3.8) is 0 Å². The number of rotatable bonds is 2. The molecule has 102 valence electrons. The Hall–Kier alpha value is -2.56. The highest BCUT2D eigenvalue weighted by Gasteiger charge is 2.19. The average molecular weight is 267 g/mol. The topological polar surface area (TPSA) is 72.5 Å². The lowest BCUT2D eigenvalue weighted by Gasteiger charge is -2.04. The van der Waals surface area contributed by atoms with Crippen molar-refractivity contribution in [1.82, 2.24) is 20.0 Å². The normalized spacial score (nSPS) is 10.9. The minimum Gasteiger partial charge on any atom is -0.383 e. The third kappa shape index (κ3) is 1.87. The van der Waals surface area contributed by atoms with Crippen molar-refractivity contribution in [1.29, 1.82) is 0 Å². The van der Waals surface area contributed by atoms with E-state index in [-0.39, 0.29) is 0 Å². The van der Waals surface area contributed by atoms with Crippen LogP contribution in [0.3, 0.4) is 0 Å². The number of anilines is 1. The molecule has 3 aromatic rings. The minimum atomic E-state index is 0.657. The van der Waals surface area contributed by atoms with E-state index < -0.39 is 0 Å². The van der Waals surface area contributed by atoms with Gasteiger partial charge in [0.25, 0.3) is 0 Å². The van der Waals surface area contributed by atoms with Crippen LogP contribution in [0, 0.1) is 13.8 Å². The Morgan fingerprint density at radius 1 is 1.15 bits per heavy atom. The third-order valence-electron chi connectivity index (χ3n) is 3.52. The van der Waals surface area contributed by atoms with E-state index >= 15 is 0 Å². The summed E-state index contributed by atoms with van der Waals surface area (Å²) in [5.74, 6) is 0.657. The summed E-state index contributed by atoms with van der Waals surface area (Å²) in [6.45, 7) is 4.05. The van der Waals surface area contributed by atoms with Gasteiger partial charge in [-0.25, -0.2) is 0 Å². The zero-order valence-electron chi connectivity index (χ0n) is 11.8. The fourth-order valence-corrected chi connectivity index (χ4v) is 2.32. The van der Waals surface area contributed by atoms with Crippen LogP contribution < -0.4 is 5.73 Å². The summed E-state index contributed by atoms with van der Waals surface area (Å²) >= 11 is 0. The summed E-state index contributed by atoms with van der Waals surface area (Å²) in [5.41, 5.74) is 12.3. The molecule has 20 heavy (non-hydrogen) atoms. The van der Waals surface area contributed by atoms with Crippen molar-refractivity contribution in [2.75, 3.05) is 5.73 Å². The van der Waals surface area contributed by atoms with E-state index in [4.69, 9.17) is 5.73 Å². The van der Waals surface area contributed by atoms with Crippen LogP contribution in [-0.4, -0.2) is 20.0 Å². The molecule has 3 N–H and O–H groups in total. The van der Waals surface area contributed by atoms with Gasteiger partial charge >= 0.3 is 0 Å². The molecule has 0 fully saturated rings. The van der Waals surface area contributed by atoms with Crippen LogP contribution in [0.5, 0.6) is 0 Å². The van der Waals surface area contributed by atoms with Crippen molar-refractivity contribution in [2.45, 2.75) is 13.8 Å². The minimum absolute atomic E-state index is 0.657. The fraction of sp³-hybridized carbons (Fsp3) is 0.200. The summed E-state index contributed by atoms with van der Waals surface area (Å²) in [7, 11) is 1.85. The SMILES string of the molecule is Cc1ccc(-c2c(-c3cn[nH]c3C)nn(C)c2N)cc1. The summed E-state index contributed by atoms with van der Waals surface area (Å²) in [6.07, 6.45) is 1.79. The van der Waals surface area contributed by atoms with Crippen LogP contribution in [-0.2, 0) is 7.05 Å². The number of aromatic amines is 1. The molecule has 0 spiro atoms. The highest BCUT2D eigenvalue weighted by molar-refractivity contribution is 5.88. The third-order valence-corrected chi connectivity index (χ3v) is 3.52. The summed E-state index contributed by atoms with van der Waals surface area (Å²) < 4.78 is 1.71. The highest BCUT2D eigenvalue weighted by atomic mass is 15.3. The van der Waals surface area contributed by atoms with Crippen molar-refractivity contribution < 1.29 is 0 Å². The molecule has 0 aliphatic heterocycles. The molecular formula is C15H17N5. The number of aromatic nitrogens is 4. The highest BCUT2D eigenvalue weighted by Crippen LogP contribution is 2.36. The Kier molecular flexibility index (Phi) is 2.82. The van der Waals surface area contributed by atoms with Gasteiger partial charge in [0.1, 0.15) is 11.5 Å². The van der Waals surface area contributed by atoms with E-state index in [0.29, 0.717) is 5.82 Å². The van der Waals surface area contributed by atoms with Crippen LogP contribution >= 0.6 is 0 Å². The maximum Gasteiger partial charge on any atom is 0.129 e. The Labute approximate surface area is 117 Å². The molecule has 0 aliphatic carbocycles. The lowest BCUT2D eigenvalue weighted by Crippen LogP contribution is -1.97. The van der Waals surface area contributed by atoms with Gasteiger partial charge in [-0.1, -0.05) is 29.8 Å². The lowest BCUT2D eigenvalue weighted by atomic mass is 10.0. The first kappa shape index (κ1) is 12.5. The number of nitrogens with one attached hydrogen (secondary N) is 1. The average Bonchev–Trinajstić information content (AvgIpc) is 2.96. The summed E-state index contributed by atoms with van der Waals surface area (Å²) in [5, 5.41) is 11.6. The molecule has 0 saturated heterocycles. The molecule has 2 aromatic heterocycles. The molecule has 1 aromatic carbocycles. The van der Waals surface area contributed by atoms with E-state index in [1.54, 1.807) is 10.9 Å². The van der Waals surface area contributed by atoms with Gasteiger partial charge in [0.05, 0.1) is 11.8 Å². The summed E-state index contributed by atoms with van der Waals surface area (Å²) in [4.78, 5) is 0. The number of nitrogens with zero attached hydrogens (tertiary/aromatic N) is 3. The monoisotopic (exact) mass is 267 g/mol. The van der Waals surface area contributed by atoms with Crippen LogP contribution in [0.15, 0.2) is 30.5 Å². The van der Waals surface area contributed by atoms with Crippen molar-refractivity contribution in [3.8, 4) is 22.4 Å². The number of hydrogen-bond donors (Lipinski definition) is 2.